The molecule has 0 bridgehead atoms. The highest BCUT2D eigenvalue weighted by Crippen LogP contribution is 2.30. The van der Waals surface area contributed by atoms with Crippen LogP contribution in [0.4, 0.5) is 4.39 Å². The average molecular weight is 335 g/mol. The first kappa shape index (κ1) is 16.2. The van der Waals surface area contributed by atoms with Crippen LogP contribution in [0.2, 0.25) is 5.02 Å². The lowest BCUT2D eigenvalue weighted by Gasteiger charge is -2.23. The molecule has 0 saturated carbocycles. The second kappa shape index (κ2) is 6.32. The molecule has 21 heavy (non-hydrogen) atoms. The fraction of sp³-hybridized carbons (Fsp3) is 0.500. The molecule has 2 rings (SSSR count). The van der Waals surface area contributed by atoms with E-state index in [0.29, 0.717) is 0 Å². The van der Waals surface area contributed by atoms with Crippen LogP contribution in [0, 0.1) is 11.7 Å². The molecule has 1 unspecified atom stereocenters. The van der Waals surface area contributed by atoms with Crippen LogP contribution >= 0.6 is 11.6 Å². The van der Waals surface area contributed by atoms with Gasteiger partial charge in [-0.05, 0) is 31.9 Å². The fourth-order valence-electron chi connectivity index (χ4n) is 2.35. The Morgan fingerprint density at radius 2 is 2.00 bits per heavy atom. The molecule has 7 heteroatoms. The molecule has 0 aliphatic carbocycles. The number of hydrogen-bond donors (Lipinski definition) is 0. The summed E-state index contributed by atoms with van der Waals surface area (Å²) in [7, 11) is -3.03. The molecule has 1 aliphatic rings. The Kier molecular flexibility index (Phi) is 4.88. The molecule has 1 fully saturated rings. The summed E-state index contributed by atoms with van der Waals surface area (Å²) in [6, 6.07) is 4.25. The molecule has 1 aromatic rings. The Morgan fingerprint density at radius 1 is 1.38 bits per heavy atom. The van der Waals surface area contributed by atoms with Crippen molar-refractivity contribution in [3.63, 3.8) is 0 Å². The van der Waals surface area contributed by atoms with E-state index in [9.17, 15) is 17.6 Å². The molecule has 0 N–H and O–H groups in total. The van der Waals surface area contributed by atoms with Gasteiger partial charge < -0.3 is 4.74 Å². The van der Waals surface area contributed by atoms with Crippen molar-refractivity contribution in [2.45, 2.75) is 25.9 Å². The van der Waals surface area contributed by atoms with Crippen LogP contribution in [0.3, 0.4) is 0 Å². The summed E-state index contributed by atoms with van der Waals surface area (Å²) in [5, 5.41) is 0.196. The van der Waals surface area contributed by atoms with Gasteiger partial charge in [0.15, 0.2) is 0 Å². The van der Waals surface area contributed by atoms with E-state index < -0.39 is 33.6 Å². The summed E-state index contributed by atoms with van der Waals surface area (Å²) in [6.45, 7) is 1.54. The zero-order valence-electron chi connectivity index (χ0n) is 11.5. The molecule has 0 radical (unpaired) electrons. The van der Waals surface area contributed by atoms with Gasteiger partial charge in [-0.25, -0.2) is 12.8 Å². The van der Waals surface area contributed by atoms with Gasteiger partial charge >= 0.3 is 5.97 Å². The van der Waals surface area contributed by atoms with Gasteiger partial charge in [0, 0.05) is 5.56 Å². The van der Waals surface area contributed by atoms with Gasteiger partial charge in [0.05, 0.1) is 22.4 Å². The van der Waals surface area contributed by atoms with E-state index >= 15 is 0 Å². The van der Waals surface area contributed by atoms with Gasteiger partial charge in [0.1, 0.15) is 21.8 Å². The maximum atomic E-state index is 13.7. The third-order valence-corrected chi connectivity index (χ3v) is 5.63. The standard InChI is InChI=1S/C14H16ClFO4S/c1-9(13-11(15)3-2-4-12(13)16)20-14(17)10-5-7-21(18,19)8-6-10/h2-4,9-10H,5-8H2,1H3. The largest absolute Gasteiger partial charge is 0.457 e. The first-order valence-corrected chi connectivity index (χ1v) is 8.85. The third-order valence-electron chi connectivity index (χ3n) is 3.59. The van der Waals surface area contributed by atoms with Crippen molar-refractivity contribution < 1.29 is 22.3 Å². The number of rotatable bonds is 3. The first-order chi connectivity index (χ1) is 9.80. The minimum absolute atomic E-state index is 0.0123. The maximum Gasteiger partial charge on any atom is 0.309 e. The number of esters is 1. The van der Waals surface area contributed by atoms with Crippen molar-refractivity contribution in [1.29, 1.82) is 0 Å². The van der Waals surface area contributed by atoms with Gasteiger partial charge in [-0.1, -0.05) is 17.7 Å². The molecule has 1 heterocycles. The zero-order chi connectivity index (χ0) is 15.6. The Bertz CT molecular complexity index is 610. The van der Waals surface area contributed by atoms with Crippen LogP contribution in [-0.2, 0) is 19.4 Å². The molecular weight excluding hydrogens is 319 g/mol. The summed E-state index contributed by atoms with van der Waals surface area (Å²) < 4.78 is 41.7. The molecule has 1 saturated heterocycles. The van der Waals surface area contributed by atoms with E-state index in [4.69, 9.17) is 16.3 Å². The van der Waals surface area contributed by atoms with Crippen molar-refractivity contribution in [2.75, 3.05) is 11.5 Å². The van der Waals surface area contributed by atoms with Crippen LogP contribution < -0.4 is 0 Å². The maximum absolute atomic E-state index is 13.7. The second-order valence-corrected chi connectivity index (χ2v) is 7.85. The van der Waals surface area contributed by atoms with Gasteiger partial charge in [0.25, 0.3) is 0 Å². The number of hydrogen-bond acceptors (Lipinski definition) is 4. The molecule has 0 spiro atoms. The fourth-order valence-corrected chi connectivity index (χ4v) is 4.16. The Balaban J connectivity index is 2.03. The SMILES string of the molecule is CC(OC(=O)C1CCS(=O)(=O)CC1)c1c(F)cccc1Cl. The predicted molar refractivity (Wildman–Crippen MR) is 77.3 cm³/mol. The van der Waals surface area contributed by atoms with Crippen molar-refractivity contribution in [3.8, 4) is 0 Å². The summed E-state index contributed by atoms with van der Waals surface area (Å²) in [6.07, 6.45) is -0.317. The second-order valence-electron chi connectivity index (χ2n) is 5.14. The molecule has 116 valence electrons. The van der Waals surface area contributed by atoms with Gasteiger partial charge in [-0.15, -0.1) is 0 Å². The predicted octanol–water partition coefficient (Wildman–Crippen LogP) is 2.91. The van der Waals surface area contributed by atoms with Crippen molar-refractivity contribution in [2.24, 2.45) is 5.92 Å². The van der Waals surface area contributed by atoms with E-state index in [-0.39, 0.29) is 34.9 Å². The summed E-state index contributed by atoms with van der Waals surface area (Å²) in [5.41, 5.74) is 0.135. The Morgan fingerprint density at radius 3 is 2.57 bits per heavy atom. The van der Waals surface area contributed by atoms with Crippen molar-refractivity contribution >= 4 is 27.4 Å². The normalized spacial score (nSPS) is 20.0. The summed E-state index contributed by atoms with van der Waals surface area (Å²) >= 11 is 5.92. The zero-order valence-corrected chi connectivity index (χ0v) is 13.1. The first-order valence-electron chi connectivity index (χ1n) is 6.65. The van der Waals surface area contributed by atoms with Crippen LogP contribution in [-0.4, -0.2) is 25.9 Å². The number of benzene rings is 1. The highest BCUT2D eigenvalue weighted by atomic mass is 35.5. The Labute approximate surface area is 128 Å². The number of ether oxygens (including phenoxy) is 1. The number of carbonyl (C=O) groups excluding carboxylic acids is 1. The lowest BCUT2D eigenvalue weighted by molar-refractivity contribution is -0.154. The smallest absolute Gasteiger partial charge is 0.309 e. The van der Waals surface area contributed by atoms with Crippen molar-refractivity contribution in [3.05, 3.63) is 34.6 Å². The molecule has 1 atom stereocenters. The van der Waals surface area contributed by atoms with Crippen LogP contribution in [0.1, 0.15) is 31.4 Å². The van der Waals surface area contributed by atoms with Gasteiger partial charge in [0.2, 0.25) is 0 Å². The van der Waals surface area contributed by atoms with E-state index in [1.807, 2.05) is 0 Å². The van der Waals surface area contributed by atoms with Crippen LogP contribution in [0.15, 0.2) is 18.2 Å². The topological polar surface area (TPSA) is 60.4 Å². The van der Waals surface area contributed by atoms with E-state index in [1.165, 1.54) is 18.2 Å². The lowest BCUT2D eigenvalue weighted by atomic mass is 10.0. The van der Waals surface area contributed by atoms with Crippen molar-refractivity contribution in [1.82, 2.24) is 0 Å². The molecule has 1 aromatic carbocycles. The highest BCUT2D eigenvalue weighted by Gasteiger charge is 2.31. The molecule has 4 nitrogen and oxygen atoms in total. The number of carbonyl (C=O) groups is 1. The van der Waals surface area contributed by atoms with Gasteiger partial charge in [-0.3, -0.25) is 4.79 Å². The average Bonchev–Trinajstić information content (AvgIpc) is 2.38. The number of halogens is 2. The minimum Gasteiger partial charge on any atom is -0.457 e. The lowest BCUT2D eigenvalue weighted by Crippen LogP contribution is -2.30. The quantitative estimate of drug-likeness (QED) is 0.797. The summed E-state index contributed by atoms with van der Waals surface area (Å²) in [4.78, 5) is 12.0. The monoisotopic (exact) mass is 334 g/mol. The van der Waals surface area contributed by atoms with E-state index in [1.54, 1.807) is 6.92 Å². The van der Waals surface area contributed by atoms with E-state index in [2.05, 4.69) is 0 Å². The third kappa shape index (κ3) is 3.95. The highest BCUT2D eigenvalue weighted by molar-refractivity contribution is 7.91. The van der Waals surface area contributed by atoms with Gasteiger partial charge in [-0.2, -0.15) is 0 Å². The molecule has 0 amide bonds. The molecular formula is C14H16ClFO4S. The van der Waals surface area contributed by atoms with Crippen LogP contribution in [0.5, 0.6) is 0 Å². The van der Waals surface area contributed by atoms with Crippen LogP contribution in [0.25, 0.3) is 0 Å². The Hall–Kier alpha value is -1.14. The molecule has 0 aromatic heterocycles. The van der Waals surface area contributed by atoms with E-state index in [0.717, 1.165) is 0 Å². The summed E-state index contributed by atoms with van der Waals surface area (Å²) in [5.74, 6) is -1.52. The number of sulfone groups is 1. The molecule has 1 aliphatic heterocycles. The minimum atomic E-state index is -3.03.